The van der Waals surface area contributed by atoms with Gasteiger partial charge in [0.1, 0.15) is 0 Å². The minimum atomic E-state index is 0.850. The molecule has 2 heterocycles. The maximum Gasteiger partial charge on any atom is 0.0236 e. The molecule has 3 rings (SSSR count). The fourth-order valence-corrected chi connectivity index (χ4v) is 4.80. The summed E-state index contributed by atoms with van der Waals surface area (Å²) in [5.41, 5.74) is 0. The van der Waals surface area contributed by atoms with Gasteiger partial charge < -0.3 is 10.2 Å². The fraction of sp³-hybridized carbons (Fsp3) is 1.00. The number of piperazine rings is 1. The van der Waals surface area contributed by atoms with Crippen LogP contribution in [0.3, 0.4) is 0 Å². The van der Waals surface area contributed by atoms with Gasteiger partial charge in [0.05, 0.1) is 0 Å². The quantitative estimate of drug-likeness (QED) is 0.840. The van der Waals surface area contributed by atoms with Gasteiger partial charge in [0, 0.05) is 45.3 Å². The summed E-state index contributed by atoms with van der Waals surface area (Å²) >= 11 is 0. The van der Waals surface area contributed by atoms with Gasteiger partial charge in [-0.15, -0.1) is 0 Å². The first-order chi connectivity index (χ1) is 10.3. The fourth-order valence-electron chi connectivity index (χ4n) is 4.80. The summed E-state index contributed by atoms with van der Waals surface area (Å²) in [5.74, 6) is 2.05. The van der Waals surface area contributed by atoms with E-state index >= 15 is 0 Å². The van der Waals surface area contributed by atoms with Crippen LogP contribution in [-0.2, 0) is 0 Å². The molecule has 2 saturated heterocycles. The topological polar surface area (TPSA) is 18.5 Å². The summed E-state index contributed by atoms with van der Waals surface area (Å²) in [5, 5.41) is 3.47. The molecule has 0 bridgehead atoms. The molecule has 3 fully saturated rings. The molecule has 1 N–H and O–H groups in total. The number of hydrogen-bond donors (Lipinski definition) is 1. The third kappa shape index (κ3) is 4.43. The zero-order valence-electron chi connectivity index (χ0n) is 14.0. The van der Waals surface area contributed by atoms with Gasteiger partial charge in [-0.25, -0.2) is 0 Å². The molecule has 122 valence electrons. The highest BCUT2D eigenvalue weighted by Crippen LogP contribution is 2.32. The predicted molar refractivity (Wildman–Crippen MR) is 89.6 cm³/mol. The van der Waals surface area contributed by atoms with Crippen molar-refractivity contribution in [3.05, 3.63) is 0 Å². The second-order valence-corrected chi connectivity index (χ2v) is 7.66. The lowest BCUT2D eigenvalue weighted by Crippen LogP contribution is -2.49. The molecular formula is C18H35N3. The molecule has 0 aromatic carbocycles. The van der Waals surface area contributed by atoms with Crippen LogP contribution in [0.4, 0.5) is 0 Å². The molecule has 0 amide bonds. The second-order valence-electron chi connectivity index (χ2n) is 7.66. The SMILES string of the molecule is CCCC1CCC(CN2CCC(N3CCNCC3)C2)CC1. The molecule has 0 spiro atoms. The van der Waals surface area contributed by atoms with Crippen LogP contribution in [0.1, 0.15) is 51.9 Å². The lowest BCUT2D eigenvalue weighted by Gasteiger charge is -2.34. The normalized spacial score (nSPS) is 36.1. The summed E-state index contributed by atoms with van der Waals surface area (Å²) in [6.45, 7) is 11.3. The Bertz CT molecular complexity index is 293. The zero-order valence-corrected chi connectivity index (χ0v) is 14.0. The molecule has 1 atom stereocenters. The van der Waals surface area contributed by atoms with Crippen molar-refractivity contribution in [1.29, 1.82) is 0 Å². The van der Waals surface area contributed by atoms with E-state index in [0.717, 1.165) is 17.9 Å². The Morgan fingerprint density at radius 3 is 2.33 bits per heavy atom. The summed E-state index contributed by atoms with van der Waals surface area (Å²) < 4.78 is 0. The molecule has 3 aliphatic rings. The van der Waals surface area contributed by atoms with Gasteiger partial charge in [-0.05, 0) is 37.6 Å². The van der Waals surface area contributed by atoms with Crippen molar-refractivity contribution in [2.45, 2.75) is 57.9 Å². The van der Waals surface area contributed by atoms with E-state index in [4.69, 9.17) is 0 Å². The van der Waals surface area contributed by atoms with Crippen LogP contribution in [0.5, 0.6) is 0 Å². The van der Waals surface area contributed by atoms with E-state index in [1.165, 1.54) is 90.8 Å². The van der Waals surface area contributed by atoms with Crippen molar-refractivity contribution in [3.63, 3.8) is 0 Å². The van der Waals surface area contributed by atoms with E-state index in [1.54, 1.807) is 0 Å². The molecular weight excluding hydrogens is 258 g/mol. The largest absolute Gasteiger partial charge is 0.314 e. The smallest absolute Gasteiger partial charge is 0.0236 e. The minimum absolute atomic E-state index is 0.850. The Kier molecular flexibility index (Phi) is 5.96. The standard InChI is InChI=1S/C18H35N3/c1-2-3-16-4-6-17(7-5-16)14-20-11-8-18(15-20)21-12-9-19-10-13-21/h16-19H,2-15H2,1H3. The molecule has 0 aromatic rings. The molecule has 2 aliphatic heterocycles. The van der Waals surface area contributed by atoms with E-state index in [2.05, 4.69) is 22.0 Å². The van der Waals surface area contributed by atoms with Gasteiger partial charge in [-0.1, -0.05) is 32.6 Å². The monoisotopic (exact) mass is 293 g/mol. The highest BCUT2D eigenvalue weighted by atomic mass is 15.3. The number of nitrogens with one attached hydrogen (secondary N) is 1. The lowest BCUT2D eigenvalue weighted by molar-refractivity contribution is 0.157. The van der Waals surface area contributed by atoms with Crippen LogP contribution < -0.4 is 5.32 Å². The van der Waals surface area contributed by atoms with Crippen molar-refractivity contribution in [1.82, 2.24) is 15.1 Å². The van der Waals surface area contributed by atoms with Gasteiger partial charge in [0.15, 0.2) is 0 Å². The third-order valence-corrected chi connectivity index (χ3v) is 6.10. The van der Waals surface area contributed by atoms with Crippen molar-refractivity contribution >= 4 is 0 Å². The molecule has 1 unspecified atom stereocenters. The zero-order chi connectivity index (χ0) is 14.5. The van der Waals surface area contributed by atoms with Crippen LogP contribution in [-0.4, -0.2) is 61.7 Å². The van der Waals surface area contributed by atoms with Crippen LogP contribution >= 0.6 is 0 Å². The van der Waals surface area contributed by atoms with Crippen LogP contribution in [0.2, 0.25) is 0 Å². The van der Waals surface area contributed by atoms with Crippen molar-refractivity contribution in [2.75, 3.05) is 45.8 Å². The Hall–Kier alpha value is -0.120. The summed E-state index contributed by atoms with van der Waals surface area (Å²) in [6.07, 6.45) is 10.3. The van der Waals surface area contributed by atoms with E-state index in [-0.39, 0.29) is 0 Å². The maximum absolute atomic E-state index is 3.47. The summed E-state index contributed by atoms with van der Waals surface area (Å²) in [7, 11) is 0. The van der Waals surface area contributed by atoms with Gasteiger partial charge in [0.2, 0.25) is 0 Å². The van der Waals surface area contributed by atoms with Gasteiger partial charge >= 0.3 is 0 Å². The Balaban J connectivity index is 1.37. The highest BCUT2D eigenvalue weighted by molar-refractivity contribution is 4.87. The van der Waals surface area contributed by atoms with Crippen LogP contribution in [0.15, 0.2) is 0 Å². The van der Waals surface area contributed by atoms with E-state index in [1.807, 2.05) is 0 Å². The summed E-state index contributed by atoms with van der Waals surface area (Å²) in [4.78, 5) is 5.51. The highest BCUT2D eigenvalue weighted by Gasteiger charge is 2.30. The molecule has 3 heteroatoms. The van der Waals surface area contributed by atoms with Crippen LogP contribution in [0, 0.1) is 11.8 Å². The lowest BCUT2D eigenvalue weighted by atomic mass is 9.80. The van der Waals surface area contributed by atoms with Crippen molar-refractivity contribution in [3.8, 4) is 0 Å². The first-order valence-corrected chi connectivity index (χ1v) is 9.52. The summed E-state index contributed by atoms with van der Waals surface area (Å²) in [6, 6.07) is 0.850. The Morgan fingerprint density at radius 2 is 1.62 bits per heavy atom. The molecule has 1 saturated carbocycles. The Morgan fingerprint density at radius 1 is 0.905 bits per heavy atom. The molecule has 1 aliphatic carbocycles. The first kappa shape index (κ1) is 15.8. The van der Waals surface area contributed by atoms with Crippen molar-refractivity contribution in [2.24, 2.45) is 11.8 Å². The van der Waals surface area contributed by atoms with Crippen molar-refractivity contribution < 1.29 is 0 Å². The molecule has 0 radical (unpaired) electrons. The molecule has 0 aromatic heterocycles. The number of rotatable bonds is 5. The predicted octanol–water partition coefficient (Wildman–Crippen LogP) is 2.57. The van der Waals surface area contributed by atoms with Gasteiger partial charge in [-0.3, -0.25) is 4.90 Å². The van der Waals surface area contributed by atoms with E-state index in [9.17, 15) is 0 Å². The van der Waals surface area contributed by atoms with E-state index < -0.39 is 0 Å². The first-order valence-electron chi connectivity index (χ1n) is 9.52. The second kappa shape index (κ2) is 7.94. The van der Waals surface area contributed by atoms with Gasteiger partial charge in [-0.2, -0.15) is 0 Å². The molecule has 21 heavy (non-hydrogen) atoms. The number of nitrogens with zero attached hydrogens (tertiary/aromatic N) is 2. The minimum Gasteiger partial charge on any atom is -0.314 e. The number of likely N-dealkylation sites (tertiary alicyclic amines) is 1. The average molecular weight is 293 g/mol. The van der Waals surface area contributed by atoms with Crippen LogP contribution in [0.25, 0.3) is 0 Å². The Labute approximate surface area is 131 Å². The van der Waals surface area contributed by atoms with Gasteiger partial charge in [0.25, 0.3) is 0 Å². The average Bonchev–Trinajstić information content (AvgIpc) is 2.99. The maximum atomic E-state index is 3.47. The van der Waals surface area contributed by atoms with E-state index in [0.29, 0.717) is 0 Å². The third-order valence-electron chi connectivity index (χ3n) is 6.10. The molecule has 3 nitrogen and oxygen atoms in total. The number of hydrogen-bond acceptors (Lipinski definition) is 3.